The van der Waals surface area contributed by atoms with E-state index in [4.69, 9.17) is 10.6 Å². The van der Waals surface area contributed by atoms with Gasteiger partial charge in [-0.3, -0.25) is 14.6 Å². The van der Waals surface area contributed by atoms with Gasteiger partial charge in [0.1, 0.15) is 6.67 Å². The third-order valence-corrected chi connectivity index (χ3v) is 1.08. The van der Waals surface area contributed by atoms with E-state index in [1.165, 1.54) is 0 Å². The quantitative estimate of drug-likeness (QED) is 0.629. The van der Waals surface area contributed by atoms with E-state index in [0.717, 1.165) is 17.5 Å². The highest BCUT2D eigenvalue weighted by atomic mass is 19.1. The van der Waals surface area contributed by atoms with Crippen LogP contribution in [0.1, 0.15) is 0 Å². The SMILES string of the molecule is NC(=O)CON1C=C(F)C=NC1. The van der Waals surface area contributed by atoms with Crippen molar-refractivity contribution < 1.29 is 14.0 Å². The van der Waals surface area contributed by atoms with Gasteiger partial charge in [-0.15, -0.1) is 0 Å². The van der Waals surface area contributed by atoms with E-state index < -0.39 is 11.7 Å². The van der Waals surface area contributed by atoms with E-state index in [-0.39, 0.29) is 13.3 Å². The van der Waals surface area contributed by atoms with Crippen molar-refractivity contribution in [1.82, 2.24) is 5.06 Å². The molecule has 0 spiro atoms. The van der Waals surface area contributed by atoms with E-state index in [2.05, 4.69) is 4.99 Å². The largest absolute Gasteiger partial charge is 0.368 e. The van der Waals surface area contributed by atoms with Crippen molar-refractivity contribution in [3.05, 3.63) is 12.0 Å². The van der Waals surface area contributed by atoms with Gasteiger partial charge in [0, 0.05) is 0 Å². The number of hydroxylamine groups is 2. The predicted octanol–water partition coefficient (Wildman–Crippen LogP) is -0.442. The van der Waals surface area contributed by atoms with Crippen molar-refractivity contribution in [2.24, 2.45) is 10.7 Å². The van der Waals surface area contributed by atoms with Gasteiger partial charge in [-0.05, 0) is 0 Å². The Kier molecular flexibility index (Phi) is 2.76. The number of primary amides is 1. The molecule has 12 heavy (non-hydrogen) atoms. The monoisotopic (exact) mass is 173 g/mol. The molecule has 0 radical (unpaired) electrons. The number of hydrogen-bond acceptors (Lipinski definition) is 4. The highest BCUT2D eigenvalue weighted by molar-refractivity contribution is 5.76. The van der Waals surface area contributed by atoms with E-state index in [0.29, 0.717) is 0 Å². The van der Waals surface area contributed by atoms with Gasteiger partial charge in [0.15, 0.2) is 12.4 Å². The van der Waals surface area contributed by atoms with Crippen LogP contribution >= 0.6 is 0 Å². The lowest BCUT2D eigenvalue weighted by molar-refractivity contribution is -0.148. The van der Waals surface area contributed by atoms with Crippen LogP contribution in [0.4, 0.5) is 4.39 Å². The highest BCUT2D eigenvalue weighted by Gasteiger charge is 2.06. The zero-order valence-corrected chi connectivity index (χ0v) is 6.24. The molecule has 0 bridgehead atoms. The number of carbonyl (C=O) groups is 1. The lowest BCUT2D eigenvalue weighted by Crippen LogP contribution is -2.27. The van der Waals surface area contributed by atoms with Crippen LogP contribution in [-0.2, 0) is 9.63 Å². The van der Waals surface area contributed by atoms with Crippen molar-refractivity contribution >= 4 is 12.1 Å². The fourth-order valence-electron chi connectivity index (χ4n) is 0.645. The number of nitrogens with zero attached hydrogens (tertiary/aromatic N) is 2. The molecule has 1 amide bonds. The summed E-state index contributed by atoms with van der Waals surface area (Å²) in [6.07, 6.45) is 2.17. The van der Waals surface area contributed by atoms with Gasteiger partial charge in [0.2, 0.25) is 5.91 Å². The average molecular weight is 173 g/mol. The molecule has 0 unspecified atom stereocenters. The van der Waals surface area contributed by atoms with Gasteiger partial charge in [-0.1, -0.05) is 0 Å². The van der Waals surface area contributed by atoms with Crippen molar-refractivity contribution in [2.45, 2.75) is 0 Å². The highest BCUT2D eigenvalue weighted by Crippen LogP contribution is 2.03. The second-order valence-electron chi connectivity index (χ2n) is 2.12. The number of hydrogen-bond donors (Lipinski definition) is 1. The van der Waals surface area contributed by atoms with Crippen LogP contribution in [0.5, 0.6) is 0 Å². The maximum Gasteiger partial charge on any atom is 0.246 e. The van der Waals surface area contributed by atoms with Gasteiger partial charge >= 0.3 is 0 Å². The summed E-state index contributed by atoms with van der Waals surface area (Å²) in [5.74, 6) is -1.14. The molecule has 1 aliphatic heterocycles. The fourth-order valence-corrected chi connectivity index (χ4v) is 0.645. The lowest BCUT2D eigenvalue weighted by Gasteiger charge is -2.18. The molecule has 0 aromatic carbocycles. The Labute approximate surface area is 68.3 Å². The smallest absolute Gasteiger partial charge is 0.246 e. The standard InChI is InChI=1S/C6H8FN3O2/c7-5-1-9-4-10(2-5)12-3-6(8)11/h1-2H,3-4H2,(H2,8,11). The maximum atomic E-state index is 12.4. The zero-order chi connectivity index (χ0) is 8.97. The van der Waals surface area contributed by atoms with Gasteiger partial charge in [0.25, 0.3) is 0 Å². The van der Waals surface area contributed by atoms with Crippen molar-refractivity contribution in [1.29, 1.82) is 0 Å². The first-order valence-corrected chi connectivity index (χ1v) is 3.23. The Morgan fingerprint density at radius 1 is 1.92 bits per heavy atom. The normalized spacial score (nSPS) is 16.1. The number of amides is 1. The second-order valence-corrected chi connectivity index (χ2v) is 2.12. The summed E-state index contributed by atoms with van der Waals surface area (Å²) in [6.45, 7) is -0.111. The molecular formula is C6H8FN3O2. The fraction of sp³-hybridized carbons (Fsp3) is 0.333. The number of nitrogens with two attached hydrogens (primary N) is 1. The summed E-state index contributed by atoms with van der Waals surface area (Å²) in [6, 6.07) is 0. The molecular weight excluding hydrogens is 165 g/mol. The minimum Gasteiger partial charge on any atom is -0.368 e. The topological polar surface area (TPSA) is 67.9 Å². The first kappa shape index (κ1) is 8.66. The van der Waals surface area contributed by atoms with E-state index in [1.54, 1.807) is 0 Å². The third-order valence-electron chi connectivity index (χ3n) is 1.08. The lowest BCUT2D eigenvalue weighted by atomic mass is 10.5. The molecule has 0 saturated heterocycles. The number of aliphatic imine (C=N–C) groups is 1. The Balaban J connectivity index is 2.35. The Morgan fingerprint density at radius 3 is 3.25 bits per heavy atom. The minimum atomic E-state index is -0.613. The molecule has 0 fully saturated rings. The Morgan fingerprint density at radius 2 is 2.67 bits per heavy atom. The molecule has 1 heterocycles. The van der Waals surface area contributed by atoms with Crippen LogP contribution in [0, 0.1) is 0 Å². The van der Waals surface area contributed by atoms with Crippen LogP contribution < -0.4 is 5.73 Å². The third kappa shape index (κ3) is 2.67. The Hall–Kier alpha value is -1.43. The van der Waals surface area contributed by atoms with Gasteiger partial charge in [-0.25, -0.2) is 9.45 Å². The van der Waals surface area contributed by atoms with Gasteiger partial charge < -0.3 is 5.73 Å². The number of allylic oxidation sites excluding steroid dienone is 1. The molecule has 0 atom stereocenters. The van der Waals surface area contributed by atoms with E-state index >= 15 is 0 Å². The number of rotatable bonds is 3. The van der Waals surface area contributed by atoms with Crippen molar-refractivity contribution in [3.8, 4) is 0 Å². The molecule has 5 nitrogen and oxygen atoms in total. The summed E-state index contributed by atoms with van der Waals surface area (Å²) in [4.78, 5) is 18.6. The average Bonchev–Trinajstić information content (AvgIpc) is 2.01. The van der Waals surface area contributed by atoms with Crippen LogP contribution in [0.2, 0.25) is 0 Å². The van der Waals surface area contributed by atoms with Crippen LogP contribution in [0.25, 0.3) is 0 Å². The minimum absolute atomic E-state index is 0.167. The summed E-state index contributed by atoms with van der Waals surface area (Å²) < 4.78 is 12.4. The molecule has 0 saturated carbocycles. The van der Waals surface area contributed by atoms with Crippen LogP contribution in [-0.4, -0.2) is 30.5 Å². The molecule has 2 N–H and O–H groups in total. The zero-order valence-electron chi connectivity index (χ0n) is 6.24. The van der Waals surface area contributed by atoms with Crippen molar-refractivity contribution in [2.75, 3.05) is 13.3 Å². The van der Waals surface area contributed by atoms with Crippen LogP contribution in [0.3, 0.4) is 0 Å². The number of halogens is 1. The molecule has 0 aromatic rings. The first-order chi connectivity index (χ1) is 5.68. The molecule has 66 valence electrons. The maximum absolute atomic E-state index is 12.4. The molecule has 1 aliphatic rings. The second kappa shape index (κ2) is 3.82. The van der Waals surface area contributed by atoms with E-state index in [9.17, 15) is 9.18 Å². The summed E-state index contributed by atoms with van der Waals surface area (Å²) in [5.41, 5.74) is 4.80. The summed E-state index contributed by atoms with van der Waals surface area (Å²) in [7, 11) is 0. The van der Waals surface area contributed by atoms with Crippen molar-refractivity contribution in [3.63, 3.8) is 0 Å². The predicted molar refractivity (Wildman–Crippen MR) is 39.5 cm³/mol. The summed E-state index contributed by atoms with van der Waals surface area (Å²) >= 11 is 0. The van der Waals surface area contributed by atoms with Gasteiger partial charge in [-0.2, -0.15) is 0 Å². The molecule has 0 aromatic heterocycles. The first-order valence-electron chi connectivity index (χ1n) is 3.23. The van der Waals surface area contributed by atoms with Gasteiger partial charge in [0.05, 0.1) is 12.4 Å². The number of carbonyl (C=O) groups excluding carboxylic acids is 1. The molecule has 6 heteroatoms. The summed E-state index contributed by atoms with van der Waals surface area (Å²) in [5, 5.41) is 1.10. The van der Waals surface area contributed by atoms with E-state index in [1.807, 2.05) is 0 Å². The molecule has 0 aliphatic carbocycles. The molecule has 1 rings (SSSR count). The Bertz CT molecular complexity index is 239. The van der Waals surface area contributed by atoms with Crippen LogP contribution in [0.15, 0.2) is 17.0 Å².